The lowest BCUT2D eigenvalue weighted by Gasteiger charge is -2.09. The van der Waals surface area contributed by atoms with Gasteiger partial charge in [-0.1, -0.05) is 33.6 Å². The van der Waals surface area contributed by atoms with E-state index in [0.29, 0.717) is 16.5 Å². The van der Waals surface area contributed by atoms with Crippen LogP contribution in [-0.4, -0.2) is 11.7 Å². The molecule has 0 aromatic heterocycles. The van der Waals surface area contributed by atoms with Gasteiger partial charge < -0.3 is 11.1 Å². The van der Waals surface area contributed by atoms with Crippen molar-refractivity contribution < 1.29 is 4.79 Å². The van der Waals surface area contributed by atoms with Crippen molar-refractivity contribution in [2.75, 3.05) is 16.8 Å². The highest BCUT2D eigenvalue weighted by Gasteiger charge is 2.09. The Kier molecular flexibility index (Phi) is 5.56. The molecule has 3 N–H and O–H groups in total. The quantitative estimate of drug-likeness (QED) is 0.591. The lowest BCUT2D eigenvalue weighted by atomic mass is 10.2. The number of rotatable bonds is 4. The summed E-state index contributed by atoms with van der Waals surface area (Å²) in [5, 5.41) is 3.30. The standard InChI is InChI=1S/C15H14BrClN2OS/c1-9-12(18)3-2-4-14(9)21-8-15(20)19-13-6-5-10(16)7-11(13)17/h2-7H,8,18H2,1H3,(H,19,20). The molecule has 0 bridgehead atoms. The molecule has 0 saturated heterocycles. The molecule has 0 radical (unpaired) electrons. The molecule has 2 aromatic carbocycles. The van der Waals surface area contributed by atoms with Gasteiger partial charge in [-0.15, -0.1) is 11.8 Å². The van der Waals surface area contributed by atoms with Crippen molar-refractivity contribution in [3.8, 4) is 0 Å². The zero-order valence-electron chi connectivity index (χ0n) is 11.3. The molecule has 3 nitrogen and oxygen atoms in total. The third-order valence-electron chi connectivity index (χ3n) is 2.89. The van der Waals surface area contributed by atoms with Crippen LogP contribution in [0, 0.1) is 6.92 Å². The predicted molar refractivity (Wildman–Crippen MR) is 94.1 cm³/mol. The number of nitrogens with two attached hydrogens (primary N) is 1. The van der Waals surface area contributed by atoms with Crippen LogP contribution in [0.15, 0.2) is 45.8 Å². The Hall–Kier alpha value is -1.17. The van der Waals surface area contributed by atoms with Crippen LogP contribution in [0.1, 0.15) is 5.56 Å². The minimum Gasteiger partial charge on any atom is -0.398 e. The molecule has 0 heterocycles. The molecule has 0 aliphatic heterocycles. The van der Waals surface area contributed by atoms with Crippen molar-refractivity contribution in [3.63, 3.8) is 0 Å². The van der Waals surface area contributed by atoms with E-state index in [-0.39, 0.29) is 5.91 Å². The van der Waals surface area contributed by atoms with Crippen LogP contribution in [-0.2, 0) is 4.79 Å². The van der Waals surface area contributed by atoms with E-state index in [9.17, 15) is 4.79 Å². The highest BCUT2D eigenvalue weighted by molar-refractivity contribution is 9.10. The van der Waals surface area contributed by atoms with Crippen LogP contribution in [0.4, 0.5) is 11.4 Å². The van der Waals surface area contributed by atoms with Gasteiger partial charge in [-0.05, 0) is 42.8 Å². The van der Waals surface area contributed by atoms with Crippen LogP contribution in [0.25, 0.3) is 0 Å². The van der Waals surface area contributed by atoms with Crippen LogP contribution < -0.4 is 11.1 Å². The zero-order valence-corrected chi connectivity index (χ0v) is 14.5. The first-order valence-electron chi connectivity index (χ1n) is 6.20. The number of hydrogen-bond acceptors (Lipinski definition) is 3. The van der Waals surface area contributed by atoms with Crippen molar-refractivity contribution in [1.29, 1.82) is 0 Å². The topological polar surface area (TPSA) is 55.1 Å². The predicted octanol–water partition coefficient (Wildman–Crippen LogP) is 4.72. The molecule has 2 aromatic rings. The van der Waals surface area contributed by atoms with Gasteiger partial charge in [0.2, 0.25) is 5.91 Å². The number of halogens is 2. The van der Waals surface area contributed by atoms with Crippen molar-refractivity contribution in [3.05, 3.63) is 51.5 Å². The average Bonchev–Trinajstić information content (AvgIpc) is 2.43. The first-order chi connectivity index (χ1) is 9.97. The zero-order chi connectivity index (χ0) is 15.4. The summed E-state index contributed by atoms with van der Waals surface area (Å²) >= 11 is 10.8. The lowest BCUT2D eigenvalue weighted by Crippen LogP contribution is -2.14. The Morgan fingerprint density at radius 1 is 1.38 bits per heavy atom. The SMILES string of the molecule is Cc1c(N)cccc1SCC(=O)Nc1ccc(Br)cc1Cl. The van der Waals surface area contributed by atoms with Gasteiger partial charge in [0.25, 0.3) is 0 Å². The molecule has 0 saturated carbocycles. The maximum atomic E-state index is 12.0. The number of benzene rings is 2. The molecule has 21 heavy (non-hydrogen) atoms. The third kappa shape index (κ3) is 4.40. The second kappa shape index (κ2) is 7.20. The number of carbonyl (C=O) groups excluding carboxylic acids is 1. The Balaban J connectivity index is 1.97. The Labute approximate surface area is 141 Å². The second-order valence-electron chi connectivity index (χ2n) is 4.43. The fourth-order valence-corrected chi connectivity index (χ4v) is 3.30. The average molecular weight is 386 g/mol. The van der Waals surface area contributed by atoms with Crippen LogP contribution >= 0.6 is 39.3 Å². The summed E-state index contributed by atoms with van der Waals surface area (Å²) < 4.78 is 0.871. The van der Waals surface area contributed by atoms with Gasteiger partial charge in [-0.2, -0.15) is 0 Å². The maximum Gasteiger partial charge on any atom is 0.234 e. The maximum absolute atomic E-state index is 12.0. The minimum atomic E-state index is -0.106. The molecule has 6 heteroatoms. The molecule has 110 valence electrons. The fraction of sp³-hybridized carbons (Fsp3) is 0.133. The summed E-state index contributed by atoms with van der Waals surface area (Å²) in [5.74, 6) is 0.197. The number of hydrogen-bond donors (Lipinski definition) is 2. The number of carbonyl (C=O) groups is 1. The van der Waals surface area contributed by atoms with Crippen LogP contribution in [0.2, 0.25) is 5.02 Å². The Morgan fingerprint density at radius 2 is 2.14 bits per heavy atom. The molecular formula is C15H14BrClN2OS. The lowest BCUT2D eigenvalue weighted by molar-refractivity contribution is -0.113. The Bertz CT molecular complexity index is 679. The van der Waals surface area contributed by atoms with E-state index in [1.807, 2.05) is 31.2 Å². The molecule has 1 amide bonds. The second-order valence-corrected chi connectivity index (χ2v) is 6.77. The van der Waals surface area contributed by atoms with Gasteiger partial charge in [0.1, 0.15) is 0 Å². The molecule has 0 aliphatic carbocycles. The van der Waals surface area contributed by atoms with E-state index in [1.165, 1.54) is 11.8 Å². The van der Waals surface area contributed by atoms with E-state index >= 15 is 0 Å². The highest BCUT2D eigenvalue weighted by atomic mass is 79.9. The summed E-state index contributed by atoms with van der Waals surface area (Å²) in [6.07, 6.45) is 0. The summed E-state index contributed by atoms with van der Waals surface area (Å²) in [7, 11) is 0. The largest absolute Gasteiger partial charge is 0.398 e. The van der Waals surface area contributed by atoms with Crippen molar-refractivity contribution in [2.45, 2.75) is 11.8 Å². The number of thioether (sulfide) groups is 1. The molecule has 0 spiro atoms. The number of nitrogens with one attached hydrogen (secondary N) is 1. The summed E-state index contributed by atoms with van der Waals surface area (Å²) in [6, 6.07) is 11.0. The van der Waals surface area contributed by atoms with Crippen LogP contribution in [0.5, 0.6) is 0 Å². The van der Waals surface area contributed by atoms with Gasteiger partial charge in [-0.3, -0.25) is 4.79 Å². The smallest absolute Gasteiger partial charge is 0.234 e. The molecule has 0 unspecified atom stereocenters. The molecular weight excluding hydrogens is 372 g/mol. The highest BCUT2D eigenvalue weighted by Crippen LogP contribution is 2.28. The monoisotopic (exact) mass is 384 g/mol. The van der Waals surface area contributed by atoms with Crippen molar-refractivity contribution in [2.24, 2.45) is 0 Å². The van der Waals surface area contributed by atoms with Gasteiger partial charge in [-0.25, -0.2) is 0 Å². The summed E-state index contributed by atoms with van der Waals surface area (Å²) in [6.45, 7) is 1.95. The van der Waals surface area contributed by atoms with E-state index in [0.717, 1.165) is 20.6 Å². The fourth-order valence-electron chi connectivity index (χ4n) is 1.71. The summed E-state index contributed by atoms with van der Waals surface area (Å²) in [4.78, 5) is 13.0. The first-order valence-corrected chi connectivity index (χ1v) is 8.36. The van der Waals surface area contributed by atoms with Gasteiger partial charge in [0, 0.05) is 15.1 Å². The number of anilines is 2. The van der Waals surface area contributed by atoms with Gasteiger partial charge in [0.15, 0.2) is 0 Å². The van der Waals surface area contributed by atoms with E-state index in [2.05, 4.69) is 21.2 Å². The molecule has 0 aliphatic rings. The first kappa shape index (κ1) is 16.2. The van der Waals surface area contributed by atoms with Crippen molar-refractivity contribution in [1.82, 2.24) is 0 Å². The van der Waals surface area contributed by atoms with E-state index in [4.69, 9.17) is 17.3 Å². The Morgan fingerprint density at radius 3 is 2.86 bits per heavy atom. The molecule has 0 fully saturated rings. The van der Waals surface area contributed by atoms with Crippen molar-refractivity contribution >= 4 is 56.6 Å². The third-order valence-corrected chi connectivity index (χ3v) is 4.86. The summed E-state index contributed by atoms with van der Waals surface area (Å²) in [5.41, 5.74) is 8.19. The number of amides is 1. The van der Waals surface area contributed by atoms with Gasteiger partial charge in [0.05, 0.1) is 16.5 Å². The van der Waals surface area contributed by atoms with E-state index < -0.39 is 0 Å². The van der Waals surface area contributed by atoms with E-state index in [1.54, 1.807) is 12.1 Å². The minimum absolute atomic E-state index is 0.106. The normalized spacial score (nSPS) is 10.4. The molecule has 0 atom stereocenters. The van der Waals surface area contributed by atoms with Gasteiger partial charge >= 0.3 is 0 Å². The number of nitrogen functional groups attached to an aromatic ring is 1. The molecule has 2 rings (SSSR count). The van der Waals surface area contributed by atoms with Crippen LogP contribution in [0.3, 0.4) is 0 Å².